The van der Waals surface area contributed by atoms with Crippen molar-refractivity contribution < 1.29 is 19.1 Å². The number of benzene rings is 3. The molecule has 0 bridgehead atoms. The van der Waals surface area contributed by atoms with Gasteiger partial charge in [-0.05, 0) is 73.7 Å². The zero-order valence-electron chi connectivity index (χ0n) is 22.4. The number of allylic oxidation sites excluding steroid dienone is 3. The van der Waals surface area contributed by atoms with Gasteiger partial charge >= 0.3 is 0 Å². The molecular formula is C32H31ClN2O4. The number of nitrogens with one attached hydrogen (secondary N) is 2. The average Bonchev–Trinajstić information content (AvgIpc) is 2.92. The highest BCUT2D eigenvalue weighted by Crippen LogP contribution is 2.46. The summed E-state index contributed by atoms with van der Waals surface area (Å²) < 4.78 is 10.9. The summed E-state index contributed by atoms with van der Waals surface area (Å²) in [6, 6.07) is 20.8. The number of amides is 1. The lowest BCUT2D eigenvalue weighted by Crippen LogP contribution is -2.37. The van der Waals surface area contributed by atoms with Crippen molar-refractivity contribution >= 4 is 29.0 Å². The minimum absolute atomic E-state index is 0.00152. The second kappa shape index (κ2) is 11.0. The van der Waals surface area contributed by atoms with E-state index in [1.807, 2.05) is 74.5 Å². The van der Waals surface area contributed by atoms with E-state index < -0.39 is 5.92 Å². The molecule has 7 heteroatoms. The van der Waals surface area contributed by atoms with E-state index >= 15 is 0 Å². The molecule has 0 fully saturated rings. The predicted octanol–water partition coefficient (Wildman–Crippen LogP) is 6.67. The van der Waals surface area contributed by atoms with Crippen LogP contribution in [0.25, 0.3) is 0 Å². The molecule has 0 spiro atoms. The van der Waals surface area contributed by atoms with Crippen LogP contribution in [0.3, 0.4) is 0 Å². The van der Waals surface area contributed by atoms with Crippen LogP contribution in [0.2, 0.25) is 5.02 Å². The number of anilines is 1. The lowest BCUT2D eigenvalue weighted by atomic mass is 9.71. The molecule has 2 aliphatic rings. The Labute approximate surface area is 233 Å². The van der Waals surface area contributed by atoms with Crippen LogP contribution in [0.4, 0.5) is 5.69 Å². The fraction of sp³-hybridized carbons (Fsp3) is 0.250. The van der Waals surface area contributed by atoms with Gasteiger partial charge in [-0.3, -0.25) is 9.59 Å². The Kier molecular flexibility index (Phi) is 7.49. The molecule has 1 aliphatic heterocycles. The van der Waals surface area contributed by atoms with Gasteiger partial charge in [-0.15, -0.1) is 0 Å². The highest BCUT2D eigenvalue weighted by Gasteiger charge is 2.41. The summed E-state index contributed by atoms with van der Waals surface area (Å²) in [6.07, 6.45) is 0.941. The minimum Gasteiger partial charge on any atom is -0.493 e. The van der Waals surface area contributed by atoms with Crippen molar-refractivity contribution in [1.82, 2.24) is 5.32 Å². The molecule has 1 heterocycles. The SMILES string of the molecule is COc1ccc([C@H]2CC(=O)C3=C(C2)NC(C)=C(C(=O)Nc2ccc(C)cc2)[C@H]3c2cccc(Cl)c2)cc1OC. The lowest BCUT2D eigenvalue weighted by Gasteiger charge is -2.37. The molecule has 1 aliphatic carbocycles. The standard InChI is InChI=1S/C32H31ClN2O4/c1-18-8-11-24(12-9-18)35-32(37)29-19(2)34-25-15-22(20-10-13-27(38-3)28(17-20)39-4)16-26(36)31(25)30(29)21-6-5-7-23(33)14-21/h5-14,17,22,30,34H,15-16H2,1-4H3,(H,35,37)/t22-,30-/m1/s1. The Morgan fingerprint density at radius 2 is 1.67 bits per heavy atom. The molecule has 1 amide bonds. The third kappa shape index (κ3) is 5.30. The maximum absolute atomic E-state index is 13.9. The summed E-state index contributed by atoms with van der Waals surface area (Å²) in [5.41, 5.74) is 6.28. The lowest BCUT2D eigenvalue weighted by molar-refractivity contribution is -0.116. The number of Topliss-reactive ketones (excluding diaryl/α,β-unsaturated/α-hetero) is 1. The summed E-state index contributed by atoms with van der Waals surface area (Å²) in [4.78, 5) is 27.6. The van der Waals surface area contributed by atoms with Gasteiger partial charge in [0.15, 0.2) is 17.3 Å². The van der Waals surface area contributed by atoms with Crippen molar-refractivity contribution in [1.29, 1.82) is 0 Å². The first kappa shape index (κ1) is 26.6. The molecule has 2 atom stereocenters. The van der Waals surface area contributed by atoms with E-state index in [1.54, 1.807) is 20.3 Å². The molecule has 3 aromatic carbocycles. The van der Waals surface area contributed by atoms with Crippen LogP contribution in [0, 0.1) is 6.92 Å². The number of hydrogen-bond acceptors (Lipinski definition) is 5. The first-order chi connectivity index (χ1) is 18.8. The molecule has 6 nitrogen and oxygen atoms in total. The number of aryl methyl sites for hydroxylation is 1. The van der Waals surface area contributed by atoms with E-state index in [9.17, 15) is 9.59 Å². The topological polar surface area (TPSA) is 76.7 Å². The van der Waals surface area contributed by atoms with E-state index in [2.05, 4.69) is 10.6 Å². The summed E-state index contributed by atoms with van der Waals surface area (Å²) in [5, 5.41) is 7.00. The molecule has 39 heavy (non-hydrogen) atoms. The molecule has 0 aromatic heterocycles. The van der Waals surface area contributed by atoms with Crippen LogP contribution in [-0.4, -0.2) is 25.9 Å². The van der Waals surface area contributed by atoms with Crippen molar-refractivity contribution in [2.45, 2.75) is 38.5 Å². The molecular weight excluding hydrogens is 512 g/mol. The summed E-state index contributed by atoms with van der Waals surface area (Å²) >= 11 is 6.39. The predicted molar refractivity (Wildman–Crippen MR) is 153 cm³/mol. The largest absolute Gasteiger partial charge is 0.493 e. The van der Waals surface area contributed by atoms with Gasteiger partial charge in [-0.2, -0.15) is 0 Å². The highest BCUT2D eigenvalue weighted by molar-refractivity contribution is 6.30. The monoisotopic (exact) mass is 542 g/mol. The Balaban J connectivity index is 1.54. The van der Waals surface area contributed by atoms with Gasteiger partial charge in [0.2, 0.25) is 0 Å². The molecule has 2 N–H and O–H groups in total. The van der Waals surface area contributed by atoms with E-state index in [0.717, 1.165) is 22.4 Å². The quantitative estimate of drug-likeness (QED) is 0.364. The van der Waals surface area contributed by atoms with Crippen LogP contribution >= 0.6 is 11.6 Å². The fourth-order valence-electron chi connectivity index (χ4n) is 5.54. The number of carbonyl (C=O) groups excluding carboxylic acids is 2. The summed E-state index contributed by atoms with van der Waals surface area (Å²) in [5.74, 6) is 0.435. The normalized spacial score (nSPS) is 18.8. The maximum Gasteiger partial charge on any atom is 0.254 e. The molecule has 0 unspecified atom stereocenters. The number of halogens is 1. The number of ketones is 1. The number of rotatable bonds is 6. The maximum atomic E-state index is 13.9. The Morgan fingerprint density at radius 3 is 2.36 bits per heavy atom. The molecule has 5 rings (SSSR count). The first-order valence-electron chi connectivity index (χ1n) is 12.9. The first-order valence-corrected chi connectivity index (χ1v) is 13.3. The van der Waals surface area contributed by atoms with Gasteiger partial charge in [0.25, 0.3) is 5.91 Å². The third-order valence-corrected chi connectivity index (χ3v) is 7.68. The molecule has 0 saturated carbocycles. The van der Waals surface area contributed by atoms with E-state index in [-0.39, 0.29) is 17.6 Å². The Bertz CT molecular complexity index is 1510. The molecule has 3 aromatic rings. The fourth-order valence-corrected chi connectivity index (χ4v) is 5.74. The number of ether oxygens (including phenoxy) is 2. The van der Waals surface area contributed by atoms with Crippen molar-refractivity contribution in [3.05, 3.63) is 111 Å². The minimum atomic E-state index is -0.538. The van der Waals surface area contributed by atoms with Crippen LogP contribution in [0.1, 0.15) is 48.3 Å². The Hall–Kier alpha value is -4.03. The Morgan fingerprint density at radius 1 is 0.923 bits per heavy atom. The second-order valence-corrected chi connectivity index (χ2v) is 10.4. The van der Waals surface area contributed by atoms with Crippen molar-refractivity contribution in [3.63, 3.8) is 0 Å². The van der Waals surface area contributed by atoms with Crippen molar-refractivity contribution in [3.8, 4) is 11.5 Å². The van der Waals surface area contributed by atoms with E-state index in [4.69, 9.17) is 21.1 Å². The van der Waals surface area contributed by atoms with Gasteiger partial charge in [0, 0.05) is 45.6 Å². The number of methoxy groups -OCH3 is 2. The van der Waals surface area contributed by atoms with Crippen LogP contribution in [0.15, 0.2) is 89.3 Å². The molecule has 0 radical (unpaired) electrons. The number of carbonyl (C=O) groups is 2. The van der Waals surface area contributed by atoms with Gasteiger partial charge in [0.1, 0.15) is 0 Å². The van der Waals surface area contributed by atoms with Crippen molar-refractivity contribution in [2.75, 3.05) is 19.5 Å². The van der Waals surface area contributed by atoms with E-state index in [0.29, 0.717) is 51.9 Å². The van der Waals surface area contributed by atoms with Gasteiger partial charge < -0.3 is 20.1 Å². The number of hydrogen-bond donors (Lipinski definition) is 2. The smallest absolute Gasteiger partial charge is 0.254 e. The third-order valence-electron chi connectivity index (χ3n) is 7.44. The number of dihydropyridines is 1. The van der Waals surface area contributed by atoms with Gasteiger partial charge in [-0.25, -0.2) is 0 Å². The van der Waals surface area contributed by atoms with Gasteiger partial charge in [-0.1, -0.05) is 47.5 Å². The van der Waals surface area contributed by atoms with Crippen LogP contribution < -0.4 is 20.1 Å². The summed E-state index contributed by atoms with van der Waals surface area (Å²) in [7, 11) is 3.20. The van der Waals surface area contributed by atoms with Crippen LogP contribution in [0.5, 0.6) is 11.5 Å². The second-order valence-electron chi connectivity index (χ2n) is 10.0. The van der Waals surface area contributed by atoms with E-state index in [1.165, 1.54) is 0 Å². The summed E-state index contributed by atoms with van der Waals surface area (Å²) in [6.45, 7) is 3.88. The highest BCUT2D eigenvalue weighted by atomic mass is 35.5. The average molecular weight is 543 g/mol. The molecule has 200 valence electrons. The van der Waals surface area contributed by atoms with Crippen molar-refractivity contribution in [2.24, 2.45) is 0 Å². The zero-order chi connectivity index (χ0) is 27.7. The zero-order valence-corrected chi connectivity index (χ0v) is 23.2. The molecule has 0 saturated heterocycles. The van der Waals surface area contributed by atoms with Crippen LogP contribution in [-0.2, 0) is 9.59 Å². The van der Waals surface area contributed by atoms with Gasteiger partial charge in [0.05, 0.1) is 14.2 Å².